The molecule has 0 spiro atoms. The summed E-state index contributed by atoms with van der Waals surface area (Å²) < 4.78 is 0. The minimum absolute atomic E-state index is 0.0534. The summed E-state index contributed by atoms with van der Waals surface area (Å²) in [7, 11) is 1.75. The summed E-state index contributed by atoms with van der Waals surface area (Å²) in [6.45, 7) is 6.56. The van der Waals surface area contributed by atoms with Gasteiger partial charge in [-0.05, 0) is 30.9 Å². The van der Waals surface area contributed by atoms with E-state index < -0.39 is 0 Å². The summed E-state index contributed by atoms with van der Waals surface area (Å²) in [6.07, 6.45) is 2.33. The molecule has 0 saturated carbocycles. The summed E-state index contributed by atoms with van der Waals surface area (Å²) in [4.78, 5) is 16.0. The maximum absolute atomic E-state index is 11.8. The van der Waals surface area contributed by atoms with E-state index in [-0.39, 0.29) is 5.91 Å². The van der Waals surface area contributed by atoms with E-state index in [0.717, 1.165) is 24.8 Å². The third kappa shape index (κ3) is 7.67. The van der Waals surface area contributed by atoms with Gasteiger partial charge in [0.15, 0.2) is 5.96 Å². The average molecular weight is 304 g/mol. The second-order valence-electron chi connectivity index (χ2n) is 5.58. The van der Waals surface area contributed by atoms with Crippen LogP contribution in [0.4, 0.5) is 0 Å². The maximum Gasteiger partial charge on any atom is 0.251 e. The van der Waals surface area contributed by atoms with E-state index in [1.54, 1.807) is 19.2 Å². The van der Waals surface area contributed by atoms with Gasteiger partial charge in [0.05, 0.1) is 0 Å². The Hall–Kier alpha value is -2.04. The summed E-state index contributed by atoms with van der Waals surface area (Å²) >= 11 is 0. The highest BCUT2D eigenvalue weighted by Gasteiger charge is 2.03. The Kier molecular flexibility index (Phi) is 8.72. The molecule has 1 rings (SSSR count). The normalized spacial score (nSPS) is 11.4. The molecule has 1 aromatic rings. The number of benzene rings is 1. The fourth-order valence-electron chi connectivity index (χ4n) is 1.99. The van der Waals surface area contributed by atoms with Crippen molar-refractivity contribution in [1.29, 1.82) is 0 Å². The zero-order valence-electron chi connectivity index (χ0n) is 13.9. The third-order valence-corrected chi connectivity index (χ3v) is 3.21. The van der Waals surface area contributed by atoms with E-state index in [4.69, 9.17) is 0 Å². The lowest BCUT2D eigenvalue weighted by Gasteiger charge is -2.12. The molecule has 0 fully saturated rings. The number of nitrogens with zero attached hydrogens (tertiary/aromatic N) is 1. The predicted octanol–water partition coefficient (Wildman–Crippen LogP) is 2.02. The zero-order chi connectivity index (χ0) is 16.2. The van der Waals surface area contributed by atoms with Gasteiger partial charge in [-0.15, -0.1) is 0 Å². The lowest BCUT2D eigenvalue weighted by molar-refractivity contribution is 0.0954. The summed E-state index contributed by atoms with van der Waals surface area (Å²) in [6, 6.07) is 9.22. The molecule has 0 aliphatic heterocycles. The van der Waals surface area contributed by atoms with Crippen LogP contribution in [-0.4, -0.2) is 38.5 Å². The van der Waals surface area contributed by atoms with Gasteiger partial charge in [0.25, 0.3) is 5.91 Å². The fraction of sp³-hybridized carbons (Fsp3) is 0.529. The number of carbonyl (C=O) groups is 1. The Balaban J connectivity index is 2.15. The molecule has 0 bridgehead atoms. The Morgan fingerprint density at radius 3 is 2.32 bits per heavy atom. The number of carbonyl (C=O) groups excluding carboxylic acids is 1. The van der Waals surface area contributed by atoms with Crippen LogP contribution in [0.15, 0.2) is 35.3 Å². The van der Waals surface area contributed by atoms with Gasteiger partial charge >= 0.3 is 0 Å². The first kappa shape index (κ1) is 18.0. The van der Waals surface area contributed by atoms with Gasteiger partial charge in [-0.25, -0.2) is 0 Å². The highest BCUT2D eigenvalue weighted by Crippen LogP contribution is 2.01. The molecule has 0 atom stereocenters. The molecular formula is C17H28N4O. The minimum Gasteiger partial charge on any atom is -0.356 e. The molecule has 5 heteroatoms. The number of hydrogen-bond acceptors (Lipinski definition) is 2. The van der Waals surface area contributed by atoms with E-state index >= 15 is 0 Å². The molecule has 0 unspecified atom stereocenters. The zero-order valence-corrected chi connectivity index (χ0v) is 13.9. The van der Waals surface area contributed by atoms with Crippen LogP contribution in [0.1, 0.15) is 37.0 Å². The van der Waals surface area contributed by atoms with E-state index in [1.807, 2.05) is 18.2 Å². The Morgan fingerprint density at radius 1 is 1.05 bits per heavy atom. The monoisotopic (exact) mass is 304 g/mol. The molecule has 0 radical (unpaired) electrons. The molecule has 0 aliphatic rings. The first-order valence-corrected chi connectivity index (χ1v) is 7.91. The smallest absolute Gasteiger partial charge is 0.251 e. The van der Waals surface area contributed by atoms with Crippen molar-refractivity contribution >= 4 is 11.9 Å². The molecule has 3 N–H and O–H groups in total. The Labute approximate surface area is 133 Å². The van der Waals surface area contributed by atoms with Crippen molar-refractivity contribution in [3.8, 4) is 0 Å². The number of amides is 1. The molecule has 0 aliphatic carbocycles. The maximum atomic E-state index is 11.8. The largest absolute Gasteiger partial charge is 0.356 e. The van der Waals surface area contributed by atoms with Crippen LogP contribution in [0.5, 0.6) is 0 Å². The highest BCUT2D eigenvalue weighted by atomic mass is 16.1. The molecule has 122 valence electrons. The standard InChI is InChI=1S/C17H28N4O/c1-14(2)8-7-11-20-17(18-3)21-13-12-19-16(22)15-9-5-4-6-10-15/h4-6,9-10,14H,7-8,11-13H2,1-3H3,(H,19,22)(H2,18,20,21). The van der Waals surface area contributed by atoms with Gasteiger partial charge in [0.2, 0.25) is 0 Å². The third-order valence-electron chi connectivity index (χ3n) is 3.21. The van der Waals surface area contributed by atoms with Crippen molar-refractivity contribution < 1.29 is 4.79 Å². The molecule has 1 aromatic carbocycles. The molecule has 5 nitrogen and oxygen atoms in total. The topological polar surface area (TPSA) is 65.5 Å². The molecule has 1 amide bonds. The van der Waals surface area contributed by atoms with Crippen molar-refractivity contribution in [2.75, 3.05) is 26.7 Å². The van der Waals surface area contributed by atoms with Crippen LogP contribution >= 0.6 is 0 Å². The highest BCUT2D eigenvalue weighted by molar-refractivity contribution is 5.94. The van der Waals surface area contributed by atoms with Crippen LogP contribution in [0, 0.1) is 5.92 Å². The Bertz CT molecular complexity index is 457. The van der Waals surface area contributed by atoms with Crippen molar-refractivity contribution in [2.24, 2.45) is 10.9 Å². The molecule has 0 saturated heterocycles. The SMILES string of the molecule is CN=C(NCCCC(C)C)NCCNC(=O)c1ccccc1. The second-order valence-corrected chi connectivity index (χ2v) is 5.58. The molecule has 0 heterocycles. The van der Waals surface area contributed by atoms with Gasteiger partial charge in [-0.2, -0.15) is 0 Å². The van der Waals surface area contributed by atoms with Gasteiger partial charge in [0, 0.05) is 32.2 Å². The average Bonchev–Trinajstić information content (AvgIpc) is 2.53. The van der Waals surface area contributed by atoms with Crippen LogP contribution < -0.4 is 16.0 Å². The lowest BCUT2D eigenvalue weighted by atomic mass is 10.1. The summed E-state index contributed by atoms with van der Waals surface area (Å²) in [5, 5.41) is 9.34. The number of nitrogens with one attached hydrogen (secondary N) is 3. The first-order chi connectivity index (χ1) is 10.6. The number of hydrogen-bond donors (Lipinski definition) is 3. The van der Waals surface area contributed by atoms with Crippen molar-refractivity contribution in [1.82, 2.24) is 16.0 Å². The Morgan fingerprint density at radius 2 is 1.68 bits per heavy atom. The number of aliphatic imine (C=N–C) groups is 1. The first-order valence-electron chi connectivity index (χ1n) is 7.91. The van der Waals surface area contributed by atoms with Gasteiger partial charge < -0.3 is 16.0 Å². The van der Waals surface area contributed by atoms with Gasteiger partial charge in [-0.3, -0.25) is 9.79 Å². The molecule has 0 aromatic heterocycles. The summed E-state index contributed by atoms with van der Waals surface area (Å²) in [5.74, 6) is 1.45. The van der Waals surface area contributed by atoms with E-state index in [0.29, 0.717) is 18.7 Å². The second kappa shape index (κ2) is 10.7. The van der Waals surface area contributed by atoms with E-state index in [1.165, 1.54) is 6.42 Å². The quantitative estimate of drug-likeness (QED) is 0.391. The van der Waals surface area contributed by atoms with Crippen molar-refractivity contribution in [2.45, 2.75) is 26.7 Å². The van der Waals surface area contributed by atoms with E-state index in [2.05, 4.69) is 34.8 Å². The molecular weight excluding hydrogens is 276 g/mol. The number of rotatable bonds is 8. The number of guanidine groups is 1. The van der Waals surface area contributed by atoms with Gasteiger partial charge in [0.1, 0.15) is 0 Å². The van der Waals surface area contributed by atoms with Crippen LogP contribution in [0.25, 0.3) is 0 Å². The lowest BCUT2D eigenvalue weighted by Crippen LogP contribution is -2.41. The molecule has 22 heavy (non-hydrogen) atoms. The van der Waals surface area contributed by atoms with Crippen LogP contribution in [-0.2, 0) is 0 Å². The van der Waals surface area contributed by atoms with Crippen LogP contribution in [0.2, 0.25) is 0 Å². The minimum atomic E-state index is -0.0534. The van der Waals surface area contributed by atoms with Gasteiger partial charge in [-0.1, -0.05) is 32.0 Å². The van der Waals surface area contributed by atoms with Crippen LogP contribution in [0.3, 0.4) is 0 Å². The summed E-state index contributed by atoms with van der Waals surface area (Å²) in [5.41, 5.74) is 0.679. The van der Waals surface area contributed by atoms with E-state index in [9.17, 15) is 4.79 Å². The van der Waals surface area contributed by atoms with Crippen molar-refractivity contribution in [3.63, 3.8) is 0 Å². The fourth-order valence-corrected chi connectivity index (χ4v) is 1.99. The van der Waals surface area contributed by atoms with Crippen molar-refractivity contribution in [3.05, 3.63) is 35.9 Å². The predicted molar refractivity (Wildman–Crippen MR) is 92.2 cm³/mol.